The second-order valence-corrected chi connectivity index (χ2v) is 8.05. The van der Waals surface area contributed by atoms with E-state index in [0.717, 1.165) is 30.7 Å². The van der Waals surface area contributed by atoms with E-state index in [1.54, 1.807) is 12.1 Å². The zero-order valence-electron chi connectivity index (χ0n) is 16.9. The summed E-state index contributed by atoms with van der Waals surface area (Å²) < 4.78 is 20.4. The maximum absolute atomic E-state index is 14.8. The van der Waals surface area contributed by atoms with Gasteiger partial charge >= 0.3 is 0 Å². The second kappa shape index (κ2) is 10.1. The van der Waals surface area contributed by atoms with Crippen molar-refractivity contribution < 1.29 is 9.13 Å². The highest BCUT2D eigenvalue weighted by Gasteiger charge is 2.16. The molecule has 0 radical (unpaired) electrons. The van der Waals surface area contributed by atoms with Gasteiger partial charge in [-0.1, -0.05) is 75.1 Å². The van der Waals surface area contributed by atoms with Crippen molar-refractivity contribution in [3.05, 3.63) is 58.9 Å². The Hall–Kier alpha value is -1.80. The van der Waals surface area contributed by atoms with Crippen molar-refractivity contribution in [2.75, 3.05) is 6.61 Å². The molecule has 0 spiro atoms. The Morgan fingerprint density at radius 3 is 2.43 bits per heavy atom. The van der Waals surface area contributed by atoms with Gasteiger partial charge in [0.25, 0.3) is 0 Å². The van der Waals surface area contributed by atoms with Crippen LogP contribution in [0.2, 0.25) is 5.02 Å². The van der Waals surface area contributed by atoms with E-state index in [-0.39, 0.29) is 5.02 Å². The molecular formula is C25H30ClFO. The summed E-state index contributed by atoms with van der Waals surface area (Å²) in [5.41, 5.74) is 4.00. The van der Waals surface area contributed by atoms with Gasteiger partial charge in [0.05, 0.1) is 6.61 Å². The molecule has 1 aliphatic rings. The molecule has 3 heteroatoms. The minimum atomic E-state index is -0.414. The van der Waals surface area contributed by atoms with Crippen molar-refractivity contribution >= 4 is 17.2 Å². The van der Waals surface area contributed by atoms with Crippen molar-refractivity contribution in [1.29, 1.82) is 0 Å². The van der Waals surface area contributed by atoms with Crippen molar-refractivity contribution in [1.82, 2.24) is 0 Å². The minimum absolute atomic E-state index is 0.0645. The zero-order valence-corrected chi connectivity index (χ0v) is 17.7. The predicted octanol–water partition coefficient (Wildman–Crippen LogP) is 8.31. The first-order chi connectivity index (χ1) is 13.6. The molecule has 1 unspecified atom stereocenters. The van der Waals surface area contributed by atoms with Crippen LogP contribution in [-0.4, -0.2) is 6.61 Å². The molecule has 1 nitrogen and oxygen atoms in total. The highest BCUT2D eigenvalue weighted by molar-refractivity contribution is 6.32. The predicted molar refractivity (Wildman–Crippen MR) is 117 cm³/mol. The Morgan fingerprint density at radius 1 is 1.04 bits per heavy atom. The number of rotatable bonds is 8. The van der Waals surface area contributed by atoms with E-state index >= 15 is 0 Å². The Labute approximate surface area is 173 Å². The van der Waals surface area contributed by atoms with Crippen LogP contribution in [0, 0.1) is 11.7 Å². The van der Waals surface area contributed by atoms with Gasteiger partial charge in [0.15, 0.2) is 5.82 Å². The maximum Gasteiger partial charge on any atom is 0.153 e. The number of hydrogen-bond donors (Lipinski definition) is 0. The van der Waals surface area contributed by atoms with Gasteiger partial charge in [-0.2, -0.15) is 0 Å². The molecule has 150 valence electrons. The number of benzene rings is 2. The van der Waals surface area contributed by atoms with Gasteiger partial charge in [-0.15, -0.1) is 0 Å². The van der Waals surface area contributed by atoms with E-state index in [2.05, 4.69) is 32.1 Å². The van der Waals surface area contributed by atoms with Crippen molar-refractivity contribution in [3.8, 4) is 16.9 Å². The fourth-order valence-corrected chi connectivity index (χ4v) is 4.10. The molecule has 0 heterocycles. The first kappa shape index (κ1) is 20.9. The first-order valence-electron chi connectivity index (χ1n) is 10.5. The van der Waals surface area contributed by atoms with E-state index in [9.17, 15) is 4.39 Å². The van der Waals surface area contributed by atoms with Crippen LogP contribution in [0.5, 0.6) is 5.75 Å². The lowest BCUT2D eigenvalue weighted by Crippen LogP contribution is -2.05. The quantitative estimate of drug-likeness (QED) is 0.405. The summed E-state index contributed by atoms with van der Waals surface area (Å²) in [5.74, 6) is 0.840. The SMILES string of the molecule is CCCCOc1ccc(-c2ccc(C3=CCC(CCC)CC3)cc2)c(F)c1Cl. The Morgan fingerprint density at radius 2 is 1.79 bits per heavy atom. The van der Waals surface area contributed by atoms with Gasteiger partial charge < -0.3 is 4.74 Å². The number of hydrogen-bond acceptors (Lipinski definition) is 1. The molecule has 0 aliphatic heterocycles. The van der Waals surface area contributed by atoms with E-state index in [1.807, 2.05) is 12.1 Å². The highest BCUT2D eigenvalue weighted by atomic mass is 35.5. The van der Waals surface area contributed by atoms with Gasteiger partial charge in [-0.3, -0.25) is 0 Å². The Kier molecular flexibility index (Phi) is 7.56. The monoisotopic (exact) mass is 400 g/mol. The van der Waals surface area contributed by atoms with Gasteiger partial charge in [0, 0.05) is 5.56 Å². The lowest BCUT2D eigenvalue weighted by Gasteiger charge is -2.21. The van der Waals surface area contributed by atoms with Crippen LogP contribution in [-0.2, 0) is 0 Å². The minimum Gasteiger partial charge on any atom is -0.492 e. The average molecular weight is 401 g/mol. The van der Waals surface area contributed by atoms with Gasteiger partial charge in [0.2, 0.25) is 0 Å². The highest BCUT2D eigenvalue weighted by Crippen LogP contribution is 2.36. The molecular weight excluding hydrogens is 371 g/mol. The number of halogens is 2. The maximum atomic E-state index is 14.8. The molecule has 0 N–H and O–H groups in total. The molecule has 0 saturated carbocycles. The lowest BCUT2D eigenvalue weighted by molar-refractivity contribution is 0.308. The Bertz CT molecular complexity index is 810. The number of unbranched alkanes of at least 4 members (excludes halogenated alkanes) is 1. The van der Waals surface area contributed by atoms with Crippen LogP contribution < -0.4 is 4.74 Å². The van der Waals surface area contributed by atoms with E-state index < -0.39 is 5.82 Å². The van der Waals surface area contributed by atoms with Crippen LogP contribution in [0.1, 0.15) is 64.4 Å². The molecule has 0 amide bonds. The number of ether oxygens (including phenoxy) is 1. The fourth-order valence-electron chi connectivity index (χ4n) is 3.88. The van der Waals surface area contributed by atoms with E-state index in [4.69, 9.17) is 16.3 Å². The molecule has 0 fully saturated rings. The first-order valence-corrected chi connectivity index (χ1v) is 10.9. The van der Waals surface area contributed by atoms with Crippen molar-refractivity contribution in [3.63, 3.8) is 0 Å². The Balaban J connectivity index is 1.74. The second-order valence-electron chi connectivity index (χ2n) is 7.68. The molecule has 0 bridgehead atoms. The van der Waals surface area contributed by atoms with Gasteiger partial charge in [-0.25, -0.2) is 4.39 Å². The summed E-state index contributed by atoms with van der Waals surface area (Å²) in [6, 6.07) is 11.7. The number of allylic oxidation sites excluding steroid dienone is 2. The van der Waals surface area contributed by atoms with E-state index in [0.29, 0.717) is 17.9 Å². The van der Waals surface area contributed by atoms with Gasteiger partial charge in [-0.05, 0) is 60.4 Å². The van der Waals surface area contributed by atoms with Gasteiger partial charge in [0.1, 0.15) is 10.8 Å². The molecule has 3 rings (SSSR count). The smallest absolute Gasteiger partial charge is 0.153 e. The van der Waals surface area contributed by atoms with Crippen LogP contribution in [0.15, 0.2) is 42.5 Å². The molecule has 1 aliphatic carbocycles. The third-order valence-corrected chi connectivity index (χ3v) is 5.94. The standard InChI is InChI=1S/C25H30ClFO/c1-3-5-17-28-23-16-15-22(25(27)24(23)26)21-13-11-20(12-14-21)19-9-7-18(6-4-2)8-10-19/h9,11-16,18H,3-8,10,17H2,1-2H3. The topological polar surface area (TPSA) is 9.23 Å². The zero-order chi connectivity index (χ0) is 19.9. The summed E-state index contributed by atoms with van der Waals surface area (Å²) >= 11 is 6.21. The van der Waals surface area contributed by atoms with E-state index in [1.165, 1.54) is 36.8 Å². The van der Waals surface area contributed by atoms with Crippen LogP contribution in [0.25, 0.3) is 16.7 Å². The molecule has 0 saturated heterocycles. The summed E-state index contributed by atoms with van der Waals surface area (Å²) in [6.07, 6.45) is 10.5. The normalized spacial score (nSPS) is 16.7. The lowest BCUT2D eigenvalue weighted by atomic mass is 9.84. The average Bonchev–Trinajstić information content (AvgIpc) is 2.72. The van der Waals surface area contributed by atoms with Crippen LogP contribution in [0.4, 0.5) is 4.39 Å². The molecule has 2 aromatic rings. The summed E-state index contributed by atoms with van der Waals surface area (Å²) in [6.45, 7) is 4.90. The van der Waals surface area contributed by atoms with Crippen molar-refractivity contribution in [2.45, 2.75) is 58.8 Å². The summed E-state index contributed by atoms with van der Waals surface area (Å²) in [4.78, 5) is 0. The third-order valence-electron chi connectivity index (χ3n) is 5.59. The van der Waals surface area contributed by atoms with Crippen LogP contribution in [0.3, 0.4) is 0 Å². The molecule has 0 aromatic heterocycles. The fraction of sp³-hybridized carbons (Fsp3) is 0.440. The molecule has 28 heavy (non-hydrogen) atoms. The molecule has 2 aromatic carbocycles. The largest absolute Gasteiger partial charge is 0.492 e. The third kappa shape index (κ3) is 4.97. The summed E-state index contributed by atoms with van der Waals surface area (Å²) in [7, 11) is 0. The van der Waals surface area contributed by atoms with Crippen molar-refractivity contribution in [2.24, 2.45) is 5.92 Å². The van der Waals surface area contributed by atoms with Crippen LogP contribution >= 0.6 is 11.6 Å². The summed E-state index contributed by atoms with van der Waals surface area (Å²) in [5, 5.41) is 0.0645. The molecule has 1 atom stereocenters.